The van der Waals surface area contributed by atoms with Crippen molar-refractivity contribution >= 4 is 6.40 Å². The standard InChI is InChI=1S/C3H4N2O.C3H5NO/c6-3-1-2-4-5-3;1-2-5-3-4-1/h1-2H,(H2,4,5,6);3H,1-2H2. The van der Waals surface area contributed by atoms with Crippen molar-refractivity contribution < 1.29 is 4.74 Å². The lowest BCUT2D eigenvalue weighted by Gasteiger charge is -1.76. The third-order valence-electron chi connectivity index (χ3n) is 1.00. The molecular weight excluding hydrogens is 146 g/mol. The Labute approximate surface area is 63.1 Å². The van der Waals surface area contributed by atoms with Crippen LogP contribution in [0.15, 0.2) is 22.1 Å². The zero-order valence-electron chi connectivity index (χ0n) is 5.91. The molecule has 0 aromatic carbocycles. The summed E-state index contributed by atoms with van der Waals surface area (Å²) in [6.45, 7) is 1.62. The largest absolute Gasteiger partial charge is 0.482 e. The number of aromatic amines is 2. The zero-order valence-corrected chi connectivity index (χ0v) is 5.91. The van der Waals surface area contributed by atoms with Gasteiger partial charge in [-0.05, 0) is 0 Å². The van der Waals surface area contributed by atoms with Crippen molar-refractivity contribution in [1.82, 2.24) is 10.2 Å². The molecule has 1 aliphatic rings. The monoisotopic (exact) mass is 155 g/mol. The molecule has 0 saturated heterocycles. The summed E-state index contributed by atoms with van der Waals surface area (Å²) >= 11 is 0. The van der Waals surface area contributed by atoms with E-state index < -0.39 is 0 Å². The van der Waals surface area contributed by atoms with E-state index in [1.165, 1.54) is 12.5 Å². The molecule has 11 heavy (non-hydrogen) atoms. The highest BCUT2D eigenvalue weighted by Crippen LogP contribution is 1.78. The van der Waals surface area contributed by atoms with Crippen LogP contribution in [0.3, 0.4) is 0 Å². The van der Waals surface area contributed by atoms with Crippen molar-refractivity contribution in [3.63, 3.8) is 0 Å². The second kappa shape index (κ2) is 4.32. The zero-order chi connectivity index (χ0) is 7.94. The summed E-state index contributed by atoms with van der Waals surface area (Å²) in [4.78, 5) is 13.7. The molecule has 0 fully saturated rings. The first-order chi connectivity index (χ1) is 5.39. The Morgan fingerprint density at radius 2 is 2.55 bits per heavy atom. The molecule has 1 aromatic rings. The van der Waals surface area contributed by atoms with Gasteiger partial charge in [0.1, 0.15) is 6.61 Å². The van der Waals surface area contributed by atoms with Gasteiger partial charge in [-0.2, -0.15) is 0 Å². The normalized spacial score (nSPS) is 13.5. The Hall–Kier alpha value is -1.52. The van der Waals surface area contributed by atoms with E-state index in [-0.39, 0.29) is 5.56 Å². The molecule has 0 unspecified atom stereocenters. The SMILES string of the molecule is C1=NCCO1.O=c1cc[nH][nH]1. The minimum absolute atomic E-state index is 0.0880. The fourth-order valence-electron chi connectivity index (χ4n) is 0.535. The average molecular weight is 155 g/mol. The molecule has 60 valence electrons. The summed E-state index contributed by atoms with van der Waals surface area (Å²) in [5.41, 5.74) is -0.0880. The van der Waals surface area contributed by atoms with Gasteiger partial charge < -0.3 is 9.84 Å². The molecule has 5 heteroatoms. The number of H-pyrrole nitrogens is 2. The number of ether oxygens (including phenoxy) is 1. The Kier molecular flexibility index (Phi) is 2.98. The van der Waals surface area contributed by atoms with Crippen LogP contribution in [0.25, 0.3) is 0 Å². The van der Waals surface area contributed by atoms with Gasteiger partial charge in [-0.15, -0.1) is 0 Å². The number of rotatable bonds is 0. The first-order valence-corrected chi connectivity index (χ1v) is 3.21. The number of nitrogens with zero attached hydrogens (tertiary/aromatic N) is 1. The van der Waals surface area contributed by atoms with Crippen molar-refractivity contribution in [2.45, 2.75) is 0 Å². The molecule has 2 rings (SSSR count). The predicted molar refractivity (Wildman–Crippen MR) is 40.7 cm³/mol. The smallest absolute Gasteiger partial charge is 0.263 e. The molecule has 0 atom stereocenters. The fourth-order valence-corrected chi connectivity index (χ4v) is 0.535. The van der Waals surface area contributed by atoms with Crippen molar-refractivity contribution in [3.05, 3.63) is 22.6 Å². The maximum absolute atomic E-state index is 9.98. The first kappa shape index (κ1) is 7.59. The van der Waals surface area contributed by atoms with Crippen LogP contribution < -0.4 is 5.56 Å². The van der Waals surface area contributed by atoms with E-state index in [1.807, 2.05) is 0 Å². The van der Waals surface area contributed by atoms with Gasteiger partial charge in [0.25, 0.3) is 5.56 Å². The minimum atomic E-state index is -0.0880. The summed E-state index contributed by atoms with van der Waals surface area (Å²) in [7, 11) is 0. The second-order valence-corrected chi connectivity index (χ2v) is 1.85. The molecule has 1 aliphatic heterocycles. The lowest BCUT2D eigenvalue weighted by Crippen LogP contribution is -1.93. The van der Waals surface area contributed by atoms with Gasteiger partial charge in [-0.25, -0.2) is 0 Å². The quantitative estimate of drug-likeness (QED) is 0.542. The highest BCUT2D eigenvalue weighted by atomic mass is 16.5. The van der Waals surface area contributed by atoms with E-state index in [4.69, 9.17) is 0 Å². The third kappa shape index (κ3) is 3.24. The summed E-state index contributed by atoms with van der Waals surface area (Å²) in [5, 5.41) is 4.81. The van der Waals surface area contributed by atoms with E-state index in [9.17, 15) is 4.79 Å². The van der Waals surface area contributed by atoms with Gasteiger partial charge in [0.05, 0.1) is 6.54 Å². The molecule has 5 nitrogen and oxygen atoms in total. The number of hydrogen-bond acceptors (Lipinski definition) is 3. The van der Waals surface area contributed by atoms with Gasteiger partial charge >= 0.3 is 0 Å². The Bertz CT molecular complexity index is 240. The van der Waals surface area contributed by atoms with Gasteiger partial charge in [-0.3, -0.25) is 14.9 Å². The maximum atomic E-state index is 9.98. The highest BCUT2D eigenvalue weighted by molar-refractivity contribution is 5.47. The van der Waals surface area contributed by atoms with E-state index in [0.29, 0.717) is 0 Å². The van der Waals surface area contributed by atoms with Crippen molar-refractivity contribution in [2.24, 2.45) is 4.99 Å². The average Bonchev–Trinajstić information content (AvgIpc) is 2.57. The van der Waals surface area contributed by atoms with Gasteiger partial charge in [-0.1, -0.05) is 0 Å². The number of hydrogen-bond donors (Lipinski definition) is 2. The molecule has 0 aliphatic carbocycles. The van der Waals surface area contributed by atoms with Crippen LogP contribution in [0.4, 0.5) is 0 Å². The maximum Gasteiger partial charge on any atom is 0.263 e. The Morgan fingerprint density at radius 1 is 1.64 bits per heavy atom. The van der Waals surface area contributed by atoms with Crippen LogP contribution in [0.5, 0.6) is 0 Å². The Morgan fingerprint density at radius 3 is 2.73 bits per heavy atom. The molecule has 0 bridgehead atoms. The van der Waals surface area contributed by atoms with Crippen LogP contribution in [0.2, 0.25) is 0 Å². The number of aliphatic imine (C=N–C) groups is 1. The van der Waals surface area contributed by atoms with Crippen molar-refractivity contribution in [1.29, 1.82) is 0 Å². The molecule has 2 N–H and O–H groups in total. The molecule has 2 heterocycles. The van der Waals surface area contributed by atoms with Crippen LogP contribution in [-0.2, 0) is 4.74 Å². The summed E-state index contributed by atoms with van der Waals surface area (Å²) < 4.78 is 4.65. The third-order valence-corrected chi connectivity index (χ3v) is 1.00. The van der Waals surface area contributed by atoms with E-state index >= 15 is 0 Å². The molecule has 0 saturated carbocycles. The minimum Gasteiger partial charge on any atom is -0.482 e. The second-order valence-electron chi connectivity index (χ2n) is 1.85. The lowest BCUT2D eigenvalue weighted by molar-refractivity contribution is 0.361. The van der Waals surface area contributed by atoms with Gasteiger partial charge in [0.15, 0.2) is 6.40 Å². The highest BCUT2D eigenvalue weighted by Gasteiger charge is 1.84. The molecular formula is C6H9N3O2. The molecule has 0 radical (unpaired) electrons. The van der Waals surface area contributed by atoms with Gasteiger partial charge in [0.2, 0.25) is 0 Å². The predicted octanol–water partition coefficient (Wildman–Crippen LogP) is -0.252. The summed E-state index contributed by atoms with van der Waals surface area (Å²) in [6.07, 6.45) is 3.03. The number of nitrogens with one attached hydrogen (secondary N) is 2. The first-order valence-electron chi connectivity index (χ1n) is 3.21. The van der Waals surface area contributed by atoms with E-state index in [2.05, 4.69) is 19.9 Å². The summed E-state index contributed by atoms with van der Waals surface area (Å²) in [5.74, 6) is 0. The van der Waals surface area contributed by atoms with Gasteiger partial charge in [0, 0.05) is 12.3 Å². The Balaban J connectivity index is 0.000000112. The van der Waals surface area contributed by atoms with Crippen LogP contribution in [0.1, 0.15) is 0 Å². The summed E-state index contributed by atoms with van der Waals surface area (Å²) in [6, 6.07) is 1.42. The lowest BCUT2D eigenvalue weighted by atomic mass is 10.7. The van der Waals surface area contributed by atoms with Crippen LogP contribution in [0, 0.1) is 0 Å². The van der Waals surface area contributed by atoms with E-state index in [1.54, 1.807) is 6.20 Å². The topological polar surface area (TPSA) is 70.2 Å². The van der Waals surface area contributed by atoms with Crippen LogP contribution >= 0.6 is 0 Å². The van der Waals surface area contributed by atoms with Crippen LogP contribution in [-0.4, -0.2) is 29.7 Å². The molecule has 0 amide bonds. The molecule has 0 spiro atoms. The van der Waals surface area contributed by atoms with E-state index in [0.717, 1.165) is 13.2 Å². The van der Waals surface area contributed by atoms with Crippen molar-refractivity contribution in [3.8, 4) is 0 Å². The molecule has 1 aromatic heterocycles. The number of aromatic nitrogens is 2. The van der Waals surface area contributed by atoms with Crippen molar-refractivity contribution in [2.75, 3.05) is 13.2 Å². The fraction of sp³-hybridized carbons (Fsp3) is 0.333.